The molecule has 0 bridgehead atoms. The Hall–Kier alpha value is -2.27. The first-order chi connectivity index (χ1) is 18.1. The Morgan fingerprint density at radius 3 is 1.82 bits per heavy atom. The third-order valence-corrected chi connectivity index (χ3v) is 5.50. The highest BCUT2D eigenvalue weighted by Crippen LogP contribution is 2.33. The van der Waals surface area contributed by atoms with Crippen LogP contribution < -0.4 is 26.9 Å². The molecule has 1 aromatic carbocycles. The lowest BCUT2D eigenvalue weighted by Gasteiger charge is -2.12. The number of hydrogen-bond acceptors (Lipinski definition) is 8. The zero-order chi connectivity index (χ0) is 26.3. The van der Waals surface area contributed by atoms with Crippen molar-refractivity contribution in [2.75, 3.05) is 79.8 Å². The maximum atomic E-state index is 6.09. The Balaban J connectivity index is 0.00000507. The van der Waals surface area contributed by atoms with Crippen LogP contribution in [0.25, 0.3) is 21.8 Å². The van der Waals surface area contributed by atoms with Crippen molar-refractivity contribution >= 4 is 21.8 Å². The monoisotopic (exact) mass is 552 g/mol. The second-order valence-electron chi connectivity index (χ2n) is 8.60. The number of aromatic amines is 1. The summed E-state index contributed by atoms with van der Waals surface area (Å²) >= 11 is 0. The van der Waals surface area contributed by atoms with Gasteiger partial charge in [-0.2, -0.15) is 0 Å². The molecule has 0 saturated heterocycles. The molecule has 3 aromatic rings. The summed E-state index contributed by atoms with van der Waals surface area (Å²) in [6, 6.07) is 8.03. The van der Waals surface area contributed by atoms with Crippen molar-refractivity contribution in [1.29, 1.82) is 0 Å². The number of ether oxygens (including phenoxy) is 7. The molecule has 0 spiro atoms. The molecular formula is C28H41ClN2O7. The Labute approximate surface area is 231 Å². The van der Waals surface area contributed by atoms with Gasteiger partial charge in [0, 0.05) is 43.9 Å². The summed E-state index contributed by atoms with van der Waals surface area (Å²) in [5.41, 5.74) is 3.62. The van der Waals surface area contributed by atoms with Gasteiger partial charge in [-0.3, -0.25) is 0 Å². The maximum Gasteiger partial charge on any atom is 0.241 e. The first-order valence-electron chi connectivity index (χ1n) is 13.0. The Bertz CT molecular complexity index is 1100. The minimum absolute atomic E-state index is 0. The zero-order valence-corrected chi connectivity index (χ0v) is 23.7. The van der Waals surface area contributed by atoms with Crippen molar-refractivity contribution < 1.29 is 50.5 Å². The minimum Gasteiger partial charge on any atom is -1.00 e. The standard InChI is InChI=1S/C28H40N2O7.ClH/c1-5-8-32-11-12-34-15-17-36-25-19-21(2)29-27-23(25)6-7-24-26(20-22(3)30-28(24)27)37-18-16-35-14-13-33-10-9-31-4;/h6-7,19-20H,5,8-18H2,1-4H3;1H. The number of aromatic nitrogens is 2. The van der Waals surface area contributed by atoms with Crippen LogP contribution in [0.5, 0.6) is 11.5 Å². The summed E-state index contributed by atoms with van der Waals surface area (Å²) in [6.07, 6.45) is 1.01. The van der Waals surface area contributed by atoms with E-state index >= 15 is 0 Å². The van der Waals surface area contributed by atoms with Gasteiger partial charge in [0.1, 0.15) is 30.2 Å². The number of H-pyrrole nitrogens is 1. The molecule has 2 heterocycles. The minimum atomic E-state index is 0. The number of nitrogens with one attached hydrogen (secondary N) is 1. The quantitative estimate of drug-likeness (QED) is 0.159. The van der Waals surface area contributed by atoms with Gasteiger partial charge in [0.2, 0.25) is 5.52 Å². The van der Waals surface area contributed by atoms with Crippen molar-refractivity contribution in [2.24, 2.45) is 0 Å². The SMILES string of the molecule is CCCOCCOCCOc1cc(C)[nH+]c2c1ccc1c(OCCOCCOCCOC)cc(C)nc12.[Cl-]. The van der Waals surface area contributed by atoms with Crippen molar-refractivity contribution in [2.45, 2.75) is 27.2 Å². The second kappa shape index (κ2) is 18.1. The fraction of sp³-hybridized carbons (Fsp3) is 0.571. The lowest BCUT2D eigenvalue weighted by Crippen LogP contribution is -3.00. The number of halogens is 1. The van der Waals surface area contributed by atoms with Gasteiger partial charge in [-0.1, -0.05) is 6.92 Å². The molecule has 38 heavy (non-hydrogen) atoms. The Kier molecular flexibility index (Phi) is 15.2. The topological polar surface area (TPSA) is 91.6 Å². The summed E-state index contributed by atoms with van der Waals surface area (Å²) in [5, 5.41) is 1.90. The van der Waals surface area contributed by atoms with Crippen LogP contribution in [0, 0.1) is 13.8 Å². The number of fused-ring (bicyclic) bond motifs is 3. The first kappa shape index (κ1) is 31.9. The van der Waals surface area contributed by atoms with Gasteiger partial charge in [0.05, 0.1) is 58.2 Å². The van der Waals surface area contributed by atoms with E-state index in [1.54, 1.807) is 7.11 Å². The van der Waals surface area contributed by atoms with Crippen LogP contribution in [-0.2, 0) is 23.7 Å². The van der Waals surface area contributed by atoms with E-state index in [1.807, 2.05) is 38.1 Å². The molecule has 0 radical (unpaired) electrons. The van der Waals surface area contributed by atoms with E-state index in [0.29, 0.717) is 66.1 Å². The molecule has 1 N–H and O–H groups in total. The lowest BCUT2D eigenvalue weighted by atomic mass is 10.1. The lowest BCUT2D eigenvalue weighted by molar-refractivity contribution is -0.353. The highest BCUT2D eigenvalue weighted by Gasteiger charge is 2.18. The second-order valence-corrected chi connectivity index (χ2v) is 8.60. The smallest absolute Gasteiger partial charge is 0.241 e. The molecule has 0 aliphatic rings. The Morgan fingerprint density at radius 2 is 1.21 bits per heavy atom. The van der Waals surface area contributed by atoms with E-state index < -0.39 is 0 Å². The molecule has 0 fully saturated rings. The number of hydrogen-bond donors (Lipinski definition) is 0. The number of benzene rings is 1. The predicted octanol–water partition coefficient (Wildman–Crippen LogP) is 0.703. The van der Waals surface area contributed by atoms with Crippen LogP contribution in [0.15, 0.2) is 24.3 Å². The molecule has 0 amide bonds. The predicted molar refractivity (Wildman–Crippen MR) is 142 cm³/mol. The fourth-order valence-electron chi connectivity index (χ4n) is 3.81. The maximum absolute atomic E-state index is 6.09. The van der Waals surface area contributed by atoms with Gasteiger partial charge < -0.3 is 45.6 Å². The van der Waals surface area contributed by atoms with E-state index in [9.17, 15) is 0 Å². The van der Waals surface area contributed by atoms with Crippen molar-refractivity contribution in [3.8, 4) is 11.5 Å². The molecule has 2 aromatic heterocycles. The summed E-state index contributed by atoms with van der Waals surface area (Å²) in [5.74, 6) is 1.58. The molecule has 10 heteroatoms. The molecule has 9 nitrogen and oxygen atoms in total. The molecule has 0 aliphatic heterocycles. The highest BCUT2D eigenvalue weighted by molar-refractivity contribution is 6.05. The number of nitrogens with zero attached hydrogens (tertiary/aromatic N) is 1. The van der Waals surface area contributed by atoms with Crippen molar-refractivity contribution in [3.63, 3.8) is 0 Å². The highest BCUT2D eigenvalue weighted by atomic mass is 35.5. The average Bonchev–Trinajstić information content (AvgIpc) is 2.89. The van der Waals surface area contributed by atoms with Gasteiger partial charge >= 0.3 is 0 Å². The third-order valence-electron chi connectivity index (χ3n) is 5.50. The third kappa shape index (κ3) is 10.1. The Morgan fingerprint density at radius 1 is 0.684 bits per heavy atom. The molecular weight excluding hydrogens is 512 g/mol. The number of rotatable bonds is 19. The number of methoxy groups -OCH3 is 1. The molecule has 0 saturated carbocycles. The average molecular weight is 553 g/mol. The van der Waals surface area contributed by atoms with E-state index in [2.05, 4.69) is 11.9 Å². The van der Waals surface area contributed by atoms with Crippen molar-refractivity contribution in [3.05, 3.63) is 35.7 Å². The van der Waals surface area contributed by atoms with E-state index in [4.69, 9.17) is 38.1 Å². The van der Waals surface area contributed by atoms with Crippen LogP contribution in [0.1, 0.15) is 24.7 Å². The summed E-state index contributed by atoms with van der Waals surface area (Å²) in [6.45, 7) is 12.1. The normalized spacial score (nSPS) is 11.2. The first-order valence-corrected chi connectivity index (χ1v) is 13.0. The zero-order valence-electron chi connectivity index (χ0n) is 23.0. The van der Waals surface area contributed by atoms with E-state index in [0.717, 1.165) is 57.7 Å². The summed E-state index contributed by atoms with van der Waals surface area (Å²) in [7, 11) is 1.65. The van der Waals surface area contributed by atoms with E-state index in [1.165, 1.54) is 0 Å². The van der Waals surface area contributed by atoms with Crippen LogP contribution >= 0.6 is 0 Å². The van der Waals surface area contributed by atoms with Gasteiger partial charge in [-0.25, -0.2) is 9.97 Å². The molecule has 212 valence electrons. The number of aryl methyl sites for hydroxylation is 2. The summed E-state index contributed by atoms with van der Waals surface area (Å²) in [4.78, 5) is 8.29. The van der Waals surface area contributed by atoms with Gasteiger partial charge in [-0.05, 0) is 25.5 Å². The molecule has 0 aliphatic carbocycles. The van der Waals surface area contributed by atoms with Gasteiger partial charge in [0.25, 0.3) is 0 Å². The van der Waals surface area contributed by atoms with Gasteiger partial charge in [0.15, 0.2) is 5.69 Å². The van der Waals surface area contributed by atoms with Crippen LogP contribution in [0.4, 0.5) is 0 Å². The fourth-order valence-corrected chi connectivity index (χ4v) is 3.81. The molecule has 0 atom stereocenters. The number of pyridine rings is 2. The van der Waals surface area contributed by atoms with Crippen LogP contribution in [0.2, 0.25) is 0 Å². The van der Waals surface area contributed by atoms with Crippen LogP contribution in [0.3, 0.4) is 0 Å². The summed E-state index contributed by atoms with van der Waals surface area (Å²) < 4.78 is 39.2. The van der Waals surface area contributed by atoms with Crippen LogP contribution in [-0.4, -0.2) is 84.8 Å². The molecule has 3 rings (SSSR count). The van der Waals surface area contributed by atoms with Crippen molar-refractivity contribution in [1.82, 2.24) is 4.98 Å². The largest absolute Gasteiger partial charge is 1.00 e. The molecule has 0 unspecified atom stereocenters. The van der Waals surface area contributed by atoms with E-state index in [-0.39, 0.29) is 12.4 Å². The van der Waals surface area contributed by atoms with Gasteiger partial charge in [-0.15, -0.1) is 0 Å².